The average molecular weight is 633 g/mol. The first-order chi connectivity index (χ1) is 21.4. The Morgan fingerprint density at radius 1 is 0.978 bits per heavy atom. The van der Waals surface area contributed by atoms with Crippen LogP contribution in [0.5, 0.6) is 0 Å². The van der Waals surface area contributed by atoms with E-state index in [0.29, 0.717) is 49.8 Å². The van der Waals surface area contributed by atoms with E-state index in [1.54, 1.807) is 21.7 Å². The summed E-state index contributed by atoms with van der Waals surface area (Å²) in [6.07, 6.45) is -0.304. The Morgan fingerprint density at radius 2 is 1.64 bits per heavy atom. The van der Waals surface area contributed by atoms with Gasteiger partial charge in [0, 0.05) is 55.5 Å². The van der Waals surface area contributed by atoms with Crippen molar-refractivity contribution in [3.63, 3.8) is 0 Å². The summed E-state index contributed by atoms with van der Waals surface area (Å²) >= 11 is 1.33. The largest absolute Gasteiger partial charge is 0.444 e. The summed E-state index contributed by atoms with van der Waals surface area (Å²) in [7, 11) is 3.64. The molecule has 3 aliphatic rings. The number of hydrogen-bond donors (Lipinski definition) is 1. The van der Waals surface area contributed by atoms with Crippen molar-refractivity contribution in [2.24, 2.45) is 0 Å². The van der Waals surface area contributed by atoms with Gasteiger partial charge in [-0.15, -0.1) is 11.3 Å². The first-order valence-electron chi connectivity index (χ1n) is 15.2. The number of carbonyl (C=O) groups excluding carboxylic acids is 4. The highest BCUT2D eigenvalue weighted by Crippen LogP contribution is 2.37. The number of likely N-dealkylation sites (tertiary alicyclic amines) is 1. The second kappa shape index (κ2) is 11.6. The number of piperazine rings is 1. The van der Waals surface area contributed by atoms with E-state index >= 15 is 0 Å². The second-order valence-electron chi connectivity index (χ2n) is 13.1. The summed E-state index contributed by atoms with van der Waals surface area (Å²) < 4.78 is 6.42. The number of carbonyl (C=O) groups is 4. The van der Waals surface area contributed by atoms with Gasteiger partial charge in [0.15, 0.2) is 0 Å². The first kappa shape index (κ1) is 30.8. The molecule has 4 heterocycles. The minimum Gasteiger partial charge on any atom is -0.444 e. The lowest BCUT2D eigenvalue weighted by Crippen LogP contribution is -2.71. The number of nitrogens with one attached hydrogen (secondary N) is 1. The highest BCUT2D eigenvalue weighted by atomic mass is 32.1. The first-order valence-corrected chi connectivity index (χ1v) is 16.1. The molecule has 0 bridgehead atoms. The zero-order valence-electron chi connectivity index (χ0n) is 26.5. The summed E-state index contributed by atoms with van der Waals surface area (Å²) in [5.74, 6) is -0.522. The Morgan fingerprint density at radius 3 is 2.31 bits per heavy atom. The molecule has 3 aliphatic heterocycles. The van der Waals surface area contributed by atoms with Gasteiger partial charge in [-0.1, -0.05) is 36.4 Å². The third kappa shape index (κ3) is 5.72. The van der Waals surface area contributed by atoms with Crippen LogP contribution in [0.4, 0.5) is 10.5 Å². The van der Waals surface area contributed by atoms with Gasteiger partial charge in [-0.25, -0.2) is 4.79 Å². The maximum absolute atomic E-state index is 14.1. The third-order valence-electron chi connectivity index (χ3n) is 8.84. The summed E-state index contributed by atoms with van der Waals surface area (Å²) in [6.45, 7) is 9.35. The van der Waals surface area contributed by atoms with Crippen LogP contribution in [0.25, 0.3) is 10.1 Å². The van der Waals surface area contributed by atoms with E-state index in [0.717, 1.165) is 21.3 Å². The van der Waals surface area contributed by atoms with Crippen LogP contribution in [0.1, 0.15) is 46.4 Å². The van der Waals surface area contributed by atoms with Gasteiger partial charge >= 0.3 is 6.09 Å². The standard InChI is InChI=1S/C33H40N6O5S/c1-32(2,3)44-31(43)38-16-14-37(15-17-38)24-12-8-6-10-22(24)18-35(4)29(41)27-26(23-11-7-9-13-25(23)45-27)28(40)39-19-33(20-39)30(42)34-21-36(33)5/h6-13H,14-21H2,1-5H3,(H,34,42). The predicted molar refractivity (Wildman–Crippen MR) is 173 cm³/mol. The van der Waals surface area contributed by atoms with Crippen molar-refractivity contribution in [2.45, 2.75) is 38.5 Å². The highest BCUT2D eigenvalue weighted by molar-refractivity contribution is 7.21. The quantitative estimate of drug-likeness (QED) is 0.460. The molecule has 0 unspecified atom stereocenters. The molecule has 6 rings (SSSR count). The Balaban J connectivity index is 1.19. The molecule has 1 spiro atoms. The molecule has 2 aromatic carbocycles. The van der Waals surface area contributed by atoms with Crippen LogP contribution in [0.15, 0.2) is 48.5 Å². The van der Waals surface area contributed by atoms with Gasteiger partial charge in [-0.2, -0.15) is 0 Å². The lowest BCUT2D eigenvalue weighted by Gasteiger charge is -2.49. The van der Waals surface area contributed by atoms with E-state index < -0.39 is 11.1 Å². The summed E-state index contributed by atoms with van der Waals surface area (Å²) in [5.41, 5.74) is 1.14. The molecule has 238 valence electrons. The molecule has 3 saturated heterocycles. The number of benzene rings is 2. The fourth-order valence-corrected chi connectivity index (χ4v) is 7.46. The number of ether oxygens (including phenoxy) is 1. The number of thiophene rings is 1. The van der Waals surface area contributed by atoms with Crippen molar-refractivity contribution in [3.8, 4) is 0 Å². The van der Waals surface area contributed by atoms with Crippen molar-refractivity contribution < 1.29 is 23.9 Å². The number of nitrogens with zero attached hydrogens (tertiary/aromatic N) is 5. The molecule has 0 aliphatic carbocycles. The second-order valence-corrected chi connectivity index (χ2v) is 14.2. The Kier molecular flexibility index (Phi) is 7.98. The minimum absolute atomic E-state index is 0.0646. The molecule has 3 aromatic rings. The molecule has 12 heteroatoms. The van der Waals surface area contributed by atoms with Crippen LogP contribution < -0.4 is 10.2 Å². The number of fused-ring (bicyclic) bond motifs is 1. The summed E-state index contributed by atoms with van der Waals surface area (Å²) in [5, 5.41) is 3.61. The lowest BCUT2D eigenvalue weighted by molar-refractivity contribution is -0.133. The number of likely N-dealkylation sites (N-methyl/N-ethyl adjacent to an activating group) is 1. The monoisotopic (exact) mass is 632 g/mol. The molecule has 0 atom stereocenters. The number of hydrogen-bond acceptors (Lipinski definition) is 8. The van der Waals surface area contributed by atoms with Crippen molar-refractivity contribution in [3.05, 3.63) is 64.5 Å². The van der Waals surface area contributed by atoms with Crippen LogP contribution in [-0.4, -0.2) is 115 Å². The summed E-state index contributed by atoms with van der Waals surface area (Å²) in [6, 6.07) is 15.6. The molecule has 0 radical (unpaired) electrons. The number of anilines is 1. The van der Waals surface area contributed by atoms with Gasteiger partial charge < -0.3 is 29.7 Å². The fraction of sp³-hybridized carbons (Fsp3) is 0.455. The Bertz CT molecular complexity index is 1650. The molecule has 45 heavy (non-hydrogen) atoms. The minimum atomic E-state index is -0.704. The summed E-state index contributed by atoms with van der Waals surface area (Å²) in [4.78, 5) is 62.8. The normalized spacial score (nSPS) is 18.2. The van der Waals surface area contributed by atoms with Crippen molar-refractivity contribution in [2.75, 3.05) is 64.9 Å². The SMILES string of the molecule is CN(Cc1ccccc1N1CCN(C(=O)OC(C)(C)C)CC1)C(=O)c1sc2ccccc2c1C(=O)N1CC2(C1)C(=O)NCN2C. The van der Waals surface area contributed by atoms with Crippen molar-refractivity contribution >= 4 is 50.9 Å². The van der Waals surface area contributed by atoms with E-state index in [1.165, 1.54) is 11.3 Å². The van der Waals surface area contributed by atoms with E-state index in [4.69, 9.17) is 4.74 Å². The molecule has 3 fully saturated rings. The van der Waals surface area contributed by atoms with E-state index in [9.17, 15) is 19.2 Å². The van der Waals surface area contributed by atoms with Gasteiger partial charge in [-0.3, -0.25) is 19.3 Å². The van der Waals surface area contributed by atoms with Gasteiger partial charge in [0.05, 0.1) is 25.3 Å². The Hall–Kier alpha value is -4.16. The molecule has 11 nitrogen and oxygen atoms in total. The van der Waals surface area contributed by atoms with E-state index in [1.807, 2.05) is 81.2 Å². The molecule has 0 saturated carbocycles. The maximum atomic E-state index is 14.1. The van der Waals surface area contributed by atoms with Crippen molar-refractivity contribution in [1.29, 1.82) is 0 Å². The van der Waals surface area contributed by atoms with Crippen LogP contribution in [0.2, 0.25) is 0 Å². The van der Waals surface area contributed by atoms with E-state index in [-0.39, 0.29) is 36.9 Å². The molecule has 1 aromatic heterocycles. The zero-order valence-corrected chi connectivity index (χ0v) is 27.3. The third-order valence-corrected chi connectivity index (χ3v) is 10.0. The molecular weight excluding hydrogens is 592 g/mol. The average Bonchev–Trinajstić information content (AvgIpc) is 3.52. The smallest absolute Gasteiger partial charge is 0.410 e. The maximum Gasteiger partial charge on any atom is 0.410 e. The van der Waals surface area contributed by atoms with Gasteiger partial charge in [-0.05, 0) is 45.5 Å². The highest BCUT2D eigenvalue weighted by Gasteiger charge is 2.57. The van der Waals surface area contributed by atoms with Crippen LogP contribution in [0, 0.1) is 0 Å². The van der Waals surface area contributed by atoms with Crippen LogP contribution >= 0.6 is 11.3 Å². The number of para-hydroxylation sites is 1. The van der Waals surface area contributed by atoms with Gasteiger partial charge in [0.25, 0.3) is 11.8 Å². The van der Waals surface area contributed by atoms with Crippen LogP contribution in [0.3, 0.4) is 0 Å². The molecular formula is C33H40N6O5S. The van der Waals surface area contributed by atoms with Gasteiger partial charge in [0.2, 0.25) is 5.91 Å². The van der Waals surface area contributed by atoms with Gasteiger partial charge in [0.1, 0.15) is 16.0 Å². The predicted octanol–water partition coefficient (Wildman–Crippen LogP) is 3.44. The molecule has 1 N–H and O–H groups in total. The lowest BCUT2D eigenvalue weighted by atomic mass is 9.87. The topological polar surface area (TPSA) is 106 Å². The fourth-order valence-electron chi connectivity index (χ4n) is 6.27. The van der Waals surface area contributed by atoms with Crippen LogP contribution in [-0.2, 0) is 16.1 Å². The Labute approximate surface area is 267 Å². The number of amides is 4. The zero-order chi connectivity index (χ0) is 32.1. The van der Waals surface area contributed by atoms with Crippen molar-refractivity contribution in [1.82, 2.24) is 24.9 Å². The number of rotatable bonds is 5. The van der Waals surface area contributed by atoms with E-state index in [2.05, 4.69) is 10.2 Å². The molecule has 4 amide bonds.